The molecule has 41 heavy (non-hydrogen) atoms. The number of nitroso groups, excluding NO2 is 1. The van der Waals surface area contributed by atoms with Gasteiger partial charge in [-0.05, 0) is 43.5 Å². The van der Waals surface area contributed by atoms with Crippen molar-refractivity contribution >= 4 is 57.3 Å². The molecule has 1 fully saturated rings. The maximum absolute atomic E-state index is 11.8. The fourth-order valence-electron chi connectivity index (χ4n) is 4.34. The number of nitrogens with two attached hydrogens (primary N) is 2. The van der Waals surface area contributed by atoms with Crippen molar-refractivity contribution < 1.29 is 14.3 Å². The normalized spacial score (nSPS) is 17.7. The van der Waals surface area contributed by atoms with Crippen LogP contribution >= 0.6 is 28.1 Å². The maximum atomic E-state index is 11.8. The van der Waals surface area contributed by atoms with Crippen LogP contribution in [0.25, 0.3) is 11.2 Å². The van der Waals surface area contributed by atoms with E-state index in [1.807, 2.05) is 28.8 Å². The number of halogens is 1. The number of hydrogen-bond acceptors (Lipinski definition) is 12. The molecule has 0 unspecified atom stereocenters. The number of hydrogen-bond donors (Lipinski definition) is 2. The van der Waals surface area contributed by atoms with Gasteiger partial charge >= 0.3 is 0 Å². The highest BCUT2D eigenvalue weighted by Crippen LogP contribution is 2.33. The molecule has 1 amide bonds. The molecule has 1 aliphatic rings. The first kappa shape index (κ1) is 30.4. The maximum Gasteiger partial charge on any atom is 0.213 e. The number of nitrogen functional groups attached to an aromatic ring is 1. The van der Waals surface area contributed by atoms with E-state index >= 15 is 0 Å². The molecule has 0 saturated carbocycles. The van der Waals surface area contributed by atoms with Gasteiger partial charge in [0.1, 0.15) is 48.4 Å². The van der Waals surface area contributed by atoms with Gasteiger partial charge in [0.05, 0.1) is 19.0 Å². The minimum Gasteiger partial charge on any atom is -0.492 e. The Morgan fingerprint density at radius 2 is 2.07 bits per heavy atom. The van der Waals surface area contributed by atoms with Crippen molar-refractivity contribution in [2.45, 2.75) is 31.6 Å². The summed E-state index contributed by atoms with van der Waals surface area (Å²) >= 11 is 4.17. The van der Waals surface area contributed by atoms with E-state index in [2.05, 4.69) is 40.5 Å². The zero-order valence-electron chi connectivity index (χ0n) is 22.4. The van der Waals surface area contributed by atoms with Crippen LogP contribution in [0.15, 0.2) is 62.7 Å². The fraction of sp³-hybridized carbons (Fsp3) is 0.400. The Bertz CT molecular complexity index is 1390. The van der Waals surface area contributed by atoms with Crippen molar-refractivity contribution in [3.63, 3.8) is 0 Å². The molecule has 1 aliphatic heterocycles. The molecule has 2 aromatic heterocycles. The molecule has 0 aliphatic carbocycles. The van der Waals surface area contributed by atoms with E-state index in [1.165, 1.54) is 11.2 Å². The summed E-state index contributed by atoms with van der Waals surface area (Å²) in [4.78, 5) is 41.1. The van der Waals surface area contributed by atoms with Gasteiger partial charge in [-0.15, -0.1) is 4.91 Å². The van der Waals surface area contributed by atoms with Gasteiger partial charge < -0.3 is 25.8 Å². The lowest BCUT2D eigenvalue weighted by Crippen LogP contribution is -2.31. The predicted octanol–water partition coefficient (Wildman–Crippen LogP) is 3.28. The SMILES string of the molecule is CN=C(N)/C(=C\N(C=O)CCOc1ccc(Br)cc1)CN(CC[C@@H]1CC[C@H](n2cnc3c(N)ncnc32)O1)SN=O. The van der Waals surface area contributed by atoms with Crippen LogP contribution < -0.4 is 16.2 Å². The molecule has 3 aromatic rings. The van der Waals surface area contributed by atoms with E-state index in [4.69, 9.17) is 20.9 Å². The number of benzene rings is 1. The van der Waals surface area contributed by atoms with Crippen LogP contribution in [0, 0.1) is 4.91 Å². The highest BCUT2D eigenvalue weighted by molar-refractivity contribution is 9.10. The number of carbonyl (C=O) groups is 1. The minimum absolute atomic E-state index is 0.0572. The number of amidine groups is 1. The summed E-state index contributed by atoms with van der Waals surface area (Å²) in [5.41, 5.74) is 13.8. The first-order chi connectivity index (χ1) is 19.9. The van der Waals surface area contributed by atoms with Gasteiger partial charge in [-0.25, -0.2) is 19.3 Å². The average Bonchev–Trinajstić information content (AvgIpc) is 3.63. The number of aromatic nitrogens is 4. The van der Waals surface area contributed by atoms with E-state index < -0.39 is 0 Å². The first-order valence-corrected chi connectivity index (χ1v) is 14.3. The van der Waals surface area contributed by atoms with E-state index in [-0.39, 0.29) is 37.9 Å². The summed E-state index contributed by atoms with van der Waals surface area (Å²) in [7, 11) is 1.56. The molecule has 16 heteroatoms. The third-order valence-corrected chi connectivity index (χ3v) is 7.58. The Balaban J connectivity index is 1.34. The largest absolute Gasteiger partial charge is 0.492 e. The van der Waals surface area contributed by atoms with Crippen LogP contribution in [0.1, 0.15) is 25.5 Å². The summed E-state index contributed by atoms with van der Waals surface area (Å²) in [6, 6.07) is 7.41. The Kier molecular flexibility index (Phi) is 11.0. The van der Waals surface area contributed by atoms with Gasteiger partial charge in [-0.3, -0.25) is 14.4 Å². The van der Waals surface area contributed by atoms with Crippen molar-refractivity contribution in [1.82, 2.24) is 28.7 Å². The molecule has 2 atom stereocenters. The molecule has 3 heterocycles. The quantitative estimate of drug-likeness (QED) is 0.0813. The molecule has 218 valence electrons. The zero-order chi connectivity index (χ0) is 29.2. The van der Waals surface area contributed by atoms with Crippen LogP contribution in [-0.4, -0.2) is 80.4 Å². The number of amides is 1. The molecule has 0 radical (unpaired) electrons. The van der Waals surface area contributed by atoms with Crippen molar-refractivity contribution in [2.24, 2.45) is 15.3 Å². The summed E-state index contributed by atoms with van der Waals surface area (Å²) < 4.78 is 19.6. The number of aliphatic imine (C=N–C) groups is 1. The van der Waals surface area contributed by atoms with Crippen LogP contribution in [0.2, 0.25) is 0 Å². The topological polar surface area (TPSA) is 179 Å². The van der Waals surface area contributed by atoms with Crippen LogP contribution in [0.4, 0.5) is 5.82 Å². The molecule has 4 rings (SSSR count). The number of imidazole rings is 1. The molecule has 4 N–H and O–H groups in total. The second kappa shape index (κ2) is 14.9. The van der Waals surface area contributed by atoms with Crippen molar-refractivity contribution in [2.75, 3.05) is 39.0 Å². The molecule has 14 nitrogen and oxygen atoms in total. The fourth-order valence-corrected chi connectivity index (χ4v) is 5.08. The Labute approximate surface area is 249 Å². The third-order valence-electron chi connectivity index (χ3n) is 6.44. The van der Waals surface area contributed by atoms with E-state index in [9.17, 15) is 9.70 Å². The second-order valence-electron chi connectivity index (χ2n) is 9.09. The lowest BCUT2D eigenvalue weighted by atomic mass is 10.1. The Morgan fingerprint density at radius 3 is 2.80 bits per heavy atom. The molecule has 1 aromatic carbocycles. The summed E-state index contributed by atoms with van der Waals surface area (Å²) in [5, 5.41) is 0. The first-order valence-electron chi connectivity index (χ1n) is 12.8. The summed E-state index contributed by atoms with van der Waals surface area (Å²) in [6.07, 6.45) is 7.30. The monoisotopic (exact) mass is 646 g/mol. The highest BCUT2D eigenvalue weighted by atomic mass is 79.9. The number of rotatable bonds is 15. The molecular formula is C25H31BrN10O4S. The van der Waals surface area contributed by atoms with Gasteiger partial charge in [-0.1, -0.05) is 15.9 Å². The molecular weight excluding hydrogens is 616 g/mol. The number of anilines is 1. The third kappa shape index (κ3) is 8.22. The number of nitrogens with zero attached hydrogens (tertiary/aromatic N) is 8. The standard InChI is InChI=1S/C25H31BrN10O4S/c1-29-23(27)17(12-34(16-37)10-11-39-19-4-2-18(26)3-5-19)13-35(41-33-38)9-8-20-6-7-21(40-20)36-15-32-22-24(28)30-14-31-25(22)36/h2-5,12,14-16,20-21H,6-11,13H2,1H3,(H2,27,29)(H2,28,30,31)/b17-12-/t20-,21+/m0/s1. The van der Waals surface area contributed by atoms with Gasteiger partial charge in [0, 0.05) is 41.0 Å². The molecule has 0 spiro atoms. The van der Waals surface area contributed by atoms with Crippen molar-refractivity contribution in [3.8, 4) is 5.75 Å². The van der Waals surface area contributed by atoms with Gasteiger partial charge in [0.2, 0.25) is 6.41 Å². The minimum atomic E-state index is -0.233. The van der Waals surface area contributed by atoms with Gasteiger partial charge in [0.25, 0.3) is 0 Å². The van der Waals surface area contributed by atoms with Gasteiger partial charge in [-0.2, -0.15) is 0 Å². The number of fused-ring (bicyclic) bond motifs is 1. The van der Waals surface area contributed by atoms with Gasteiger partial charge in [0.15, 0.2) is 11.5 Å². The zero-order valence-corrected chi connectivity index (χ0v) is 24.8. The number of ether oxygens (including phenoxy) is 2. The predicted molar refractivity (Wildman–Crippen MR) is 160 cm³/mol. The van der Waals surface area contributed by atoms with E-state index in [0.29, 0.717) is 47.7 Å². The number of carbonyl (C=O) groups excluding carboxylic acids is 1. The van der Waals surface area contributed by atoms with Crippen LogP contribution in [0.3, 0.4) is 0 Å². The Morgan fingerprint density at radius 1 is 1.27 bits per heavy atom. The van der Waals surface area contributed by atoms with Crippen molar-refractivity contribution in [1.29, 1.82) is 0 Å². The smallest absolute Gasteiger partial charge is 0.213 e. The summed E-state index contributed by atoms with van der Waals surface area (Å²) in [5.74, 6) is 1.25. The summed E-state index contributed by atoms with van der Waals surface area (Å²) in [6.45, 7) is 1.27. The molecule has 1 saturated heterocycles. The van der Waals surface area contributed by atoms with Crippen LogP contribution in [-0.2, 0) is 9.53 Å². The lowest BCUT2D eigenvalue weighted by molar-refractivity contribution is -0.116. The van der Waals surface area contributed by atoms with Crippen LogP contribution in [0.5, 0.6) is 5.75 Å². The molecule has 0 bridgehead atoms. The Hall–Kier alpha value is -3.60. The van der Waals surface area contributed by atoms with E-state index in [0.717, 1.165) is 29.4 Å². The lowest BCUT2D eigenvalue weighted by Gasteiger charge is -2.22. The average molecular weight is 648 g/mol. The highest BCUT2D eigenvalue weighted by Gasteiger charge is 2.29. The second-order valence-corrected chi connectivity index (χ2v) is 10.8. The van der Waals surface area contributed by atoms with E-state index in [1.54, 1.807) is 23.9 Å². The van der Waals surface area contributed by atoms with Crippen molar-refractivity contribution in [3.05, 3.63) is 58.1 Å².